The molecule has 146 valence electrons. The summed E-state index contributed by atoms with van der Waals surface area (Å²) in [6.45, 7) is 0. The zero-order chi connectivity index (χ0) is 21.3. The van der Waals surface area contributed by atoms with Crippen molar-refractivity contribution in [3.05, 3.63) is 75.3 Å². The molecule has 28 heavy (non-hydrogen) atoms. The second-order valence-electron chi connectivity index (χ2n) is 5.14. The Morgan fingerprint density at radius 3 is 1.96 bits per heavy atom. The molecule has 10 heteroatoms. The first kappa shape index (κ1) is 22.0. The molecule has 0 atom stereocenters. The molecule has 0 unspecified atom stereocenters. The molecule has 0 aliphatic rings. The van der Waals surface area contributed by atoms with Crippen molar-refractivity contribution in [2.24, 2.45) is 0 Å². The Kier molecular flexibility index (Phi) is 7.97. The predicted molar refractivity (Wildman–Crippen MR) is 94.2 cm³/mol. The van der Waals surface area contributed by atoms with Gasteiger partial charge >= 0.3 is 17.9 Å². The number of benzene rings is 2. The molecule has 0 aliphatic carbocycles. The molecule has 0 fully saturated rings. The summed E-state index contributed by atoms with van der Waals surface area (Å²) in [6, 6.07) is 11.9. The minimum atomic E-state index is -1.31. The zero-order valence-electron chi connectivity index (χ0n) is 14.5. The highest BCUT2D eigenvalue weighted by Gasteiger charge is 2.23. The smallest absolute Gasteiger partial charge is 0.338 e. The van der Waals surface area contributed by atoms with Gasteiger partial charge in [-0.25, -0.2) is 4.79 Å². The summed E-state index contributed by atoms with van der Waals surface area (Å²) < 4.78 is 4.51. The second-order valence-corrected chi connectivity index (χ2v) is 5.14. The van der Waals surface area contributed by atoms with Gasteiger partial charge in [0.15, 0.2) is 5.78 Å². The maximum absolute atomic E-state index is 12.3. The summed E-state index contributed by atoms with van der Waals surface area (Å²) in [5, 5.41) is 26.5. The third kappa shape index (κ3) is 6.33. The number of hydrogen-bond acceptors (Lipinski definition) is 7. The molecule has 0 radical (unpaired) electrons. The summed E-state index contributed by atoms with van der Waals surface area (Å²) in [6.07, 6.45) is -0.806. The number of nitro benzene ring substituents is 1. The first-order valence-corrected chi connectivity index (χ1v) is 7.57. The molecule has 0 bridgehead atoms. The number of ether oxygens (including phenoxy) is 1. The van der Waals surface area contributed by atoms with Gasteiger partial charge in [0.1, 0.15) is 12.0 Å². The van der Waals surface area contributed by atoms with Gasteiger partial charge in [0.25, 0.3) is 5.69 Å². The van der Waals surface area contributed by atoms with Gasteiger partial charge in [0.2, 0.25) is 0 Å². The Morgan fingerprint density at radius 2 is 1.54 bits per heavy atom. The number of carbonyl (C=O) groups is 4. The highest BCUT2D eigenvalue weighted by Crippen LogP contribution is 2.23. The van der Waals surface area contributed by atoms with Gasteiger partial charge in [0.05, 0.1) is 17.6 Å². The molecule has 2 aromatic rings. The van der Waals surface area contributed by atoms with E-state index in [1.165, 1.54) is 19.2 Å². The molecular weight excluding hydrogens is 374 g/mol. The van der Waals surface area contributed by atoms with Crippen LogP contribution < -0.4 is 0 Å². The predicted octanol–water partition coefficient (Wildman–Crippen LogP) is 2.16. The van der Waals surface area contributed by atoms with Gasteiger partial charge in [-0.2, -0.15) is 0 Å². The van der Waals surface area contributed by atoms with E-state index in [9.17, 15) is 29.3 Å². The van der Waals surface area contributed by atoms with Gasteiger partial charge in [-0.05, 0) is 12.1 Å². The van der Waals surface area contributed by atoms with Crippen LogP contribution in [0, 0.1) is 10.1 Å². The summed E-state index contributed by atoms with van der Waals surface area (Å²) in [4.78, 5) is 53.0. The van der Waals surface area contributed by atoms with Crippen molar-refractivity contribution >= 4 is 29.4 Å². The average Bonchev–Trinajstić information content (AvgIpc) is 2.66. The van der Waals surface area contributed by atoms with Crippen molar-refractivity contribution in [1.29, 1.82) is 0 Å². The van der Waals surface area contributed by atoms with Crippen LogP contribution in [0.15, 0.2) is 48.5 Å². The lowest BCUT2D eigenvalue weighted by molar-refractivity contribution is -0.385. The fraction of sp³-hybridized carbons (Fsp3) is 0.111. The van der Waals surface area contributed by atoms with E-state index in [1.807, 2.05) is 0 Å². The first-order valence-electron chi connectivity index (χ1n) is 7.57. The molecule has 0 saturated carbocycles. The summed E-state index contributed by atoms with van der Waals surface area (Å²) >= 11 is 0. The number of rotatable bonds is 6. The van der Waals surface area contributed by atoms with Gasteiger partial charge < -0.3 is 14.9 Å². The number of hydrogen-bond donors (Lipinski definition) is 2. The standard InChI is InChI=1S/C15H11NO5.C3H4O4/c1-21-15(18)11-7-8-12(13(9-11)16(19)20)14(17)10-5-3-2-4-6-10;4-2(5)1-3(6)7/h2-9H,1H3;1H2,(H,4,5)(H,6,7). The van der Waals surface area contributed by atoms with E-state index in [0.717, 1.165) is 6.07 Å². The SMILES string of the molecule is COC(=O)c1ccc(C(=O)c2ccccc2)c([N+](=O)[O-])c1.O=C(O)CC(=O)O. The quantitative estimate of drug-likeness (QED) is 0.248. The van der Waals surface area contributed by atoms with E-state index >= 15 is 0 Å². The highest BCUT2D eigenvalue weighted by molar-refractivity contribution is 6.12. The van der Waals surface area contributed by atoms with Gasteiger partial charge in [-0.15, -0.1) is 0 Å². The molecule has 0 heterocycles. The fourth-order valence-electron chi connectivity index (χ4n) is 1.99. The number of esters is 1. The molecule has 2 rings (SSSR count). The van der Waals surface area contributed by atoms with Crippen molar-refractivity contribution in [3.8, 4) is 0 Å². The lowest BCUT2D eigenvalue weighted by atomic mass is 10.00. The van der Waals surface area contributed by atoms with E-state index < -0.39 is 40.7 Å². The topological polar surface area (TPSA) is 161 Å². The monoisotopic (exact) mass is 389 g/mol. The number of carboxylic acids is 2. The van der Waals surface area contributed by atoms with E-state index in [4.69, 9.17) is 10.2 Å². The molecular formula is C18H15NO9. The number of methoxy groups -OCH3 is 1. The van der Waals surface area contributed by atoms with Crippen LogP contribution in [0.3, 0.4) is 0 Å². The van der Waals surface area contributed by atoms with Crippen LogP contribution in [-0.4, -0.2) is 45.9 Å². The van der Waals surface area contributed by atoms with E-state index in [2.05, 4.69) is 4.74 Å². The lowest BCUT2D eigenvalue weighted by Gasteiger charge is -2.04. The van der Waals surface area contributed by atoms with Crippen LogP contribution in [0.1, 0.15) is 32.7 Å². The minimum absolute atomic E-state index is 0.0220. The Labute approximate surface area is 158 Å². The van der Waals surface area contributed by atoms with E-state index in [0.29, 0.717) is 5.56 Å². The first-order chi connectivity index (χ1) is 13.2. The largest absolute Gasteiger partial charge is 0.481 e. The number of nitrogens with zero attached hydrogens (tertiary/aromatic N) is 1. The second kappa shape index (κ2) is 10.2. The number of nitro groups is 1. The van der Waals surface area contributed by atoms with Gasteiger partial charge in [-0.1, -0.05) is 30.3 Å². The third-order valence-corrected chi connectivity index (χ3v) is 3.20. The maximum Gasteiger partial charge on any atom is 0.338 e. The maximum atomic E-state index is 12.3. The van der Waals surface area contributed by atoms with Gasteiger partial charge in [-0.3, -0.25) is 24.5 Å². The van der Waals surface area contributed by atoms with Crippen molar-refractivity contribution < 1.29 is 39.1 Å². The van der Waals surface area contributed by atoms with Crippen LogP contribution >= 0.6 is 0 Å². The van der Waals surface area contributed by atoms with Crippen molar-refractivity contribution in [2.75, 3.05) is 7.11 Å². The van der Waals surface area contributed by atoms with Crippen molar-refractivity contribution in [3.63, 3.8) is 0 Å². The molecule has 2 N–H and O–H groups in total. The third-order valence-electron chi connectivity index (χ3n) is 3.20. The fourth-order valence-corrected chi connectivity index (χ4v) is 1.99. The van der Waals surface area contributed by atoms with Crippen LogP contribution in [0.5, 0.6) is 0 Å². The molecule has 0 saturated heterocycles. The summed E-state index contributed by atoms with van der Waals surface area (Å²) in [5.41, 5.74) is -0.133. The Hall–Kier alpha value is -4.08. The number of carboxylic acid groups (broad SMARTS) is 2. The molecule has 0 aromatic heterocycles. The summed E-state index contributed by atoms with van der Waals surface area (Å²) in [7, 11) is 1.18. The van der Waals surface area contributed by atoms with E-state index in [-0.39, 0.29) is 11.1 Å². The van der Waals surface area contributed by atoms with Gasteiger partial charge in [0, 0.05) is 11.6 Å². The summed E-state index contributed by atoms with van der Waals surface area (Å²) in [5.74, 6) is -3.80. The zero-order valence-corrected chi connectivity index (χ0v) is 14.5. The molecule has 0 amide bonds. The minimum Gasteiger partial charge on any atom is -0.481 e. The number of aliphatic carboxylic acids is 2. The number of carbonyl (C=O) groups excluding carboxylic acids is 2. The molecule has 0 spiro atoms. The van der Waals surface area contributed by atoms with Crippen LogP contribution in [0.25, 0.3) is 0 Å². The number of ketones is 1. The lowest BCUT2D eigenvalue weighted by Crippen LogP contribution is -2.08. The van der Waals surface area contributed by atoms with Crippen molar-refractivity contribution in [2.45, 2.75) is 6.42 Å². The Balaban J connectivity index is 0.000000480. The van der Waals surface area contributed by atoms with Crippen LogP contribution in [-0.2, 0) is 14.3 Å². The van der Waals surface area contributed by atoms with Crippen molar-refractivity contribution in [1.82, 2.24) is 0 Å². The highest BCUT2D eigenvalue weighted by atomic mass is 16.6. The molecule has 0 aliphatic heterocycles. The van der Waals surface area contributed by atoms with Crippen LogP contribution in [0.2, 0.25) is 0 Å². The molecule has 2 aromatic carbocycles. The average molecular weight is 389 g/mol. The molecule has 10 nitrogen and oxygen atoms in total. The normalized spacial score (nSPS) is 9.46. The Bertz CT molecular complexity index is 895. The van der Waals surface area contributed by atoms with E-state index in [1.54, 1.807) is 30.3 Å². The Morgan fingerprint density at radius 1 is 0.964 bits per heavy atom. The van der Waals surface area contributed by atoms with Crippen LogP contribution in [0.4, 0.5) is 5.69 Å².